The number of rotatable bonds is 2. The molecule has 15 heavy (non-hydrogen) atoms. The van der Waals surface area contributed by atoms with Crippen LogP contribution in [-0.2, 0) is 0 Å². The number of hydrogen-bond acceptors (Lipinski definition) is 3. The van der Waals surface area contributed by atoms with Crippen molar-refractivity contribution in [3.8, 4) is 5.75 Å². The molecule has 0 saturated carbocycles. The number of para-hydroxylation sites is 1. The Morgan fingerprint density at radius 1 is 1.33 bits per heavy atom. The monoisotopic (exact) mass is 270 g/mol. The molecule has 0 bridgehead atoms. The predicted octanol–water partition coefficient (Wildman–Crippen LogP) is 1.87. The minimum atomic E-state index is 0.936. The molecule has 1 aliphatic rings. The van der Waals surface area contributed by atoms with Crippen LogP contribution in [0.2, 0.25) is 0 Å². The van der Waals surface area contributed by atoms with Crippen LogP contribution in [0.5, 0.6) is 5.75 Å². The van der Waals surface area contributed by atoms with Crippen molar-refractivity contribution in [3.63, 3.8) is 0 Å². The van der Waals surface area contributed by atoms with E-state index in [4.69, 9.17) is 4.74 Å². The largest absolute Gasteiger partial charge is 0.495 e. The Morgan fingerprint density at radius 2 is 2.07 bits per heavy atom. The SMILES string of the molecule is COc1cccc(Br)c1N1CCNCC1. The molecular formula is C11H15BrN2O. The molecule has 82 valence electrons. The Bertz CT molecular complexity index is 337. The van der Waals surface area contributed by atoms with E-state index in [1.165, 1.54) is 5.69 Å². The molecule has 0 radical (unpaired) electrons. The highest BCUT2D eigenvalue weighted by Gasteiger charge is 2.17. The average Bonchev–Trinajstić information content (AvgIpc) is 2.29. The smallest absolute Gasteiger partial charge is 0.143 e. The lowest BCUT2D eigenvalue weighted by atomic mass is 10.2. The molecule has 1 aliphatic heterocycles. The van der Waals surface area contributed by atoms with Gasteiger partial charge in [-0.15, -0.1) is 0 Å². The zero-order valence-corrected chi connectivity index (χ0v) is 10.4. The summed E-state index contributed by atoms with van der Waals surface area (Å²) in [4.78, 5) is 2.35. The first-order valence-corrected chi connectivity index (χ1v) is 5.90. The van der Waals surface area contributed by atoms with Gasteiger partial charge in [0.2, 0.25) is 0 Å². The molecule has 0 spiro atoms. The quantitative estimate of drug-likeness (QED) is 0.888. The number of piperazine rings is 1. The molecule has 0 unspecified atom stereocenters. The van der Waals surface area contributed by atoms with Gasteiger partial charge < -0.3 is 15.0 Å². The van der Waals surface area contributed by atoms with Crippen LogP contribution in [0.1, 0.15) is 0 Å². The minimum absolute atomic E-state index is 0.936. The van der Waals surface area contributed by atoms with Crippen LogP contribution in [0.25, 0.3) is 0 Å². The lowest BCUT2D eigenvalue weighted by molar-refractivity contribution is 0.412. The first-order valence-electron chi connectivity index (χ1n) is 5.11. The molecule has 0 aromatic heterocycles. The van der Waals surface area contributed by atoms with Crippen molar-refractivity contribution in [2.45, 2.75) is 0 Å². The Hall–Kier alpha value is -0.740. The third kappa shape index (κ3) is 2.26. The summed E-state index contributed by atoms with van der Waals surface area (Å²) in [6.07, 6.45) is 0. The first kappa shape index (κ1) is 10.8. The van der Waals surface area contributed by atoms with Crippen LogP contribution in [0, 0.1) is 0 Å². The van der Waals surface area contributed by atoms with Crippen LogP contribution in [0.4, 0.5) is 5.69 Å². The van der Waals surface area contributed by atoms with Gasteiger partial charge in [0.15, 0.2) is 0 Å². The summed E-state index contributed by atoms with van der Waals surface area (Å²) in [6.45, 7) is 4.12. The van der Waals surface area contributed by atoms with Gasteiger partial charge >= 0.3 is 0 Å². The topological polar surface area (TPSA) is 24.5 Å². The number of ether oxygens (including phenoxy) is 1. The maximum Gasteiger partial charge on any atom is 0.143 e. The van der Waals surface area contributed by atoms with Gasteiger partial charge in [-0.3, -0.25) is 0 Å². The molecule has 0 amide bonds. The Balaban J connectivity index is 2.31. The van der Waals surface area contributed by atoms with Crippen molar-refractivity contribution in [1.29, 1.82) is 0 Å². The molecule has 3 nitrogen and oxygen atoms in total. The minimum Gasteiger partial charge on any atom is -0.495 e. The average molecular weight is 271 g/mol. The summed E-state index contributed by atoms with van der Waals surface area (Å²) in [5.74, 6) is 0.936. The maximum absolute atomic E-state index is 5.39. The van der Waals surface area contributed by atoms with Gasteiger partial charge in [0.1, 0.15) is 5.75 Å². The van der Waals surface area contributed by atoms with Gasteiger partial charge in [-0.1, -0.05) is 6.07 Å². The van der Waals surface area contributed by atoms with Crippen molar-refractivity contribution >= 4 is 21.6 Å². The molecular weight excluding hydrogens is 256 g/mol. The molecule has 1 saturated heterocycles. The number of anilines is 1. The van der Waals surface area contributed by atoms with Crippen molar-refractivity contribution in [3.05, 3.63) is 22.7 Å². The molecule has 0 atom stereocenters. The highest BCUT2D eigenvalue weighted by Crippen LogP contribution is 2.35. The fraction of sp³-hybridized carbons (Fsp3) is 0.455. The van der Waals surface area contributed by atoms with Crippen molar-refractivity contribution < 1.29 is 4.74 Å². The highest BCUT2D eigenvalue weighted by atomic mass is 79.9. The fourth-order valence-electron chi connectivity index (χ4n) is 1.86. The van der Waals surface area contributed by atoms with Crippen molar-refractivity contribution in [1.82, 2.24) is 5.32 Å². The summed E-state index contributed by atoms with van der Waals surface area (Å²) in [5.41, 5.74) is 1.17. The zero-order valence-electron chi connectivity index (χ0n) is 8.79. The lowest BCUT2D eigenvalue weighted by Crippen LogP contribution is -2.43. The van der Waals surface area contributed by atoms with E-state index in [0.717, 1.165) is 36.4 Å². The van der Waals surface area contributed by atoms with Crippen LogP contribution in [-0.4, -0.2) is 33.3 Å². The predicted molar refractivity (Wildman–Crippen MR) is 65.8 cm³/mol. The zero-order chi connectivity index (χ0) is 10.7. The normalized spacial score (nSPS) is 16.5. The van der Waals surface area contributed by atoms with Gasteiger partial charge in [0, 0.05) is 30.7 Å². The third-order valence-corrected chi connectivity index (χ3v) is 3.24. The molecule has 1 heterocycles. The summed E-state index contributed by atoms with van der Waals surface area (Å²) in [5, 5.41) is 3.34. The molecule has 2 rings (SSSR count). The summed E-state index contributed by atoms with van der Waals surface area (Å²) in [7, 11) is 1.72. The number of hydrogen-bond donors (Lipinski definition) is 1. The van der Waals surface area contributed by atoms with E-state index in [9.17, 15) is 0 Å². The summed E-state index contributed by atoms with van der Waals surface area (Å²) < 4.78 is 6.49. The first-order chi connectivity index (χ1) is 7.33. The van der Waals surface area contributed by atoms with E-state index in [1.807, 2.05) is 12.1 Å². The second-order valence-electron chi connectivity index (χ2n) is 3.53. The summed E-state index contributed by atoms with van der Waals surface area (Å²) >= 11 is 3.58. The highest BCUT2D eigenvalue weighted by molar-refractivity contribution is 9.10. The van der Waals surface area contributed by atoms with E-state index in [1.54, 1.807) is 7.11 Å². The Morgan fingerprint density at radius 3 is 2.73 bits per heavy atom. The second kappa shape index (κ2) is 4.86. The van der Waals surface area contributed by atoms with Gasteiger partial charge in [-0.05, 0) is 28.1 Å². The van der Waals surface area contributed by atoms with E-state index >= 15 is 0 Å². The van der Waals surface area contributed by atoms with E-state index < -0.39 is 0 Å². The van der Waals surface area contributed by atoms with Gasteiger partial charge in [0.05, 0.1) is 12.8 Å². The molecule has 1 N–H and O–H groups in total. The molecule has 1 fully saturated rings. The van der Waals surface area contributed by atoms with Crippen LogP contribution in [0.3, 0.4) is 0 Å². The van der Waals surface area contributed by atoms with Gasteiger partial charge in [-0.25, -0.2) is 0 Å². The number of nitrogens with zero attached hydrogens (tertiary/aromatic N) is 1. The number of nitrogens with one attached hydrogen (secondary N) is 1. The fourth-order valence-corrected chi connectivity index (χ4v) is 2.45. The Labute approximate surface area is 98.5 Å². The third-order valence-electron chi connectivity index (χ3n) is 2.60. The standard InChI is InChI=1S/C11H15BrN2O/c1-15-10-4-2-3-9(12)11(10)14-7-5-13-6-8-14/h2-4,13H,5-8H2,1H3. The van der Waals surface area contributed by atoms with E-state index in [-0.39, 0.29) is 0 Å². The Kier molecular flexibility index (Phi) is 3.49. The van der Waals surface area contributed by atoms with Crippen molar-refractivity contribution in [2.75, 3.05) is 38.2 Å². The number of benzene rings is 1. The maximum atomic E-state index is 5.39. The number of halogens is 1. The van der Waals surface area contributed by atoms with Gasteiger partial charge in [0.25, 0.3) is 0 Å². The van der Waals surface area contributed by atoms with Crippen LogP contribution >= 0.6 is 15.9 Å². The molecule has 1 aromatic rings. The van der Waals surface area contributed by atoms with Crippen molar-refractivity contribution in [2.24, 2.45) is 0 Å². The molecule has 1 aromatic carbocycles. The van der Waals surface area contributed by atoms with E-state index in [0.29, 0.717) is 0 Å². The summed E-state index contributed by atoms with van der Waals surface area (Å²) in [6, 6.07) is 6.05. The van der Waals surface area contributed by atoms with Crippen LogP contribution < -0.4 is 15.0 Å². The van der Waals surface area contributed by atoms with E-state index in [2.05, 4.69) is 32.2 Å². The number of methoxy groups -OCH3 is 1. The lowest BCUT2D eigenvalue weighted by Gasteiger charge is -2.31. The molecule has 4 heteroatoms. The van der Waals surface area contributed by atoms with Gasteiger partial charge in [-0.2, -0.15) is 0 Å². The van der Waals surface area contributed by atoms with Crippen LogP contribution in [0.15, 0.2) is 22.7 Å². The molecule has 0 aliphatic carbocycles. The second-order valence-corrected chi connectivity index (χ2v) is 4.38.